The van der Waals surface area contributed by atoms with Gasteiger partial charge in [-0.25, -0.2) is 14.2 Å². The molecule has 0 aliphatic heterocycles. The number of rotatable bonds is 4. The maximum atomic E-state index is 13.2. The van der Waals surface area contributed by atoms with Crippen LogP contribution in [0.15, 0.2) is 30.3 Å². The molecule has 21 heavy (non-hydrogen) atoms. The maximum Gasteiger partial charge on any atom is 0.354 e. The first-order chi connectivity index (χ1) is 9.86. The highest BCUT2D eigenvalue weighted by Gasteiger charge is 2.19. The van der Waals surface area contributed by atoms with Crippen molar-refractivity contribution in [2.75, 3.05) is 5.32 Å². The van der Waals surface area contributed by atoms with Crippen LogP contribution in [0.3, 0.4) is 0 Å². The molecule has 108 valence electrons. The molecule has 2 N–H and O–H groups in total. The highest BCUT2D eigenvalue weighted by Crippen LogP contribution is 2.27. The number of carboxylic acid groups (broad SMARTS) is 1. The summed E-state index contributed by atoms with van der Waals surface area (Å²) in [5, 5.41) is 22.3. The topological polar surface area (TPSA) is 105 Å². The average Bonchev–Trinajstić information content (AvgIpc) is 2.36. The van der Waals surface area contributed by atoms with E-state index in [2.05, 4.69) is 10.3 Å². The highest BCUT2D eigenvalue weighted by molar-refractivity contribution is 6.30. The zero-order valence-electron chi connectivity index (χ0n) is 10.2. The number of nitrogens with zero attached hydrogens (tertiary/aromatic N) is 2. The second-order valence-electron chi connectivity index (χ2n) is 3.91. The van der Waals surface area contributed by atoms with Crippen LogP contribution in [-0.2, 0) is 0 Å². The van der Waals surface area contributed by atoms with E-state index in [0.29, 0.717) is 0 Å². The molecule has 0 bridgehead atoms. The van der Waals surface area contributed by atoms with Crippen LogP contribution < -0.4 is 5.32 Å². The summed E-state index contributed by atoms with van der Waals surface area (Å²) in [4.78, 5) is 24.7. The van der Waals surface area contributed by atoms with Gasteiger partial charge in [-0.2, -0.15) is 0 Å². The van der Waals surface area contributed by atoms with Crippen LogP contribution >= 0.6 is 11.6 Å². The number of hydrogen-bond donors (Lipinski definition) is 2. The van der Waals surface area contributed by atoms with Gasteiger partial charge in [-0.05, 0) is 24.3 Å². The third-order valence-corrected chi connectivity index (χ3v) is 2.63. The number of benzene rings is 1. The minimum Gasteiger partial charge on any atom is -0.477 e. The Bertz CT molecular complexity index is 718. The monoisotopic (exact) mass is 311 g/mol. The first-order valence-electron chi connectivity index (χ1n) is 5.48. The molecule has 0 amide bonds. The van der Waals surface area contributed by atoms with Crippen molar-refractivity contribution in [3.63, 3.8) is 0 Å². The molecule has 2 rings (SSSR count). The Hall–Kier alpha value is -2.74. The van der Waals surface area contributed by atoms with Crippen molar-refractivity contribution >= 4 is 34.8 Å². The molecule has 0 aliphatic rings. The summed E-state index contributed by atoms with van der Waals surface area (Å²) in [7, 11) is 0. The number of aromatic nitrogens is 1. The van der Waals surface area contributed by atoms with Crippen molar-refractivity contribution in [1.29, 1.82) is 0 Å². The molecule has 0 saturated heterocycles. The molecule has 0 saturated carbocycles. The number of nitrogens with one attached hydrogen (secondary N) is 1. The lowest BCUT2D eigenvalue weighted by molar-refractivity contribution is -0.384. The lowest BCUT2D eigenvalue weighted by Gasteiger charge is -2.07. The van der Waals surface area contributed by atoms with Gasteiger partial charge >= 0.3 is 11.7 Å². The van der Waals surface area contributed by atoms with Crippen molar-refractivity contribution in [1.82, 2.24) is 4.98 Å². The van der Waals surface area contributed by atoms with E-state index >= 15 is 0 Å². The van der Waals surface area contributed by atoms with Crippen molar-refractivity contribution in [3.8, 4) is 0 Å². The first-order valence-corrected chi connectivity index (χ1v) is 5.86. The number of pyridine rings is 1. The van der Waals surface area contributed by atoms with E-state index in [4.69, 9.17) is 16.7 Å². The Kier molecular flexibility index (Phi) is 3.99. The van der Waals surface area contributed by atoms with E-state index < -0.39 is 22.4 Å². The summed E-state index contributed by atoms with van der Waals surface area (Å²) in [6, 6.07) is 5.43. The minimum absolute atomic E-state index is 0.0783. The van der Waals surface area contributed by atoms with Gasteiger partial charge in [0, 0.05) is 16.8 Å². The molecular formula is C12H7ClFN3O4. The highest BCUT2D eigenvalue weighted by atomic mass is 35.5. The molecule has 1 aromatic carbocycles. The third kappa shape index (κ3) is 3.42. The van der Waals surface area contributed by atoms with E-state index in [-0.39, 0.29) is 22.2 Å². The van der Waals surface area contributed by atoms with Crippen LogP contribution in [0.4, 0.5) is 21.6 Å². The smallest absolute Gasteiger partial charge is 0.354 e. The average molecular weight is 312 g/mol. The molecule has 0 atom stereocenters. The van der Waals surface area contributed by atoms with Gasteiger partial charge in [-0.15, -0.1) is 0 Å². The van der Waals surface area contributed by atoms with Crippen LogP contribution in [0.1, 0.15) is 10.5 Å². The van der Waals surface area contributed by atoms with E-state index in [1.807, 2.05) is 0 Å². The molecule has 7 nitrogen and oxygen atoms in total. The predicted molar refractivity (Wildman–Crippen MR) is 72.5 cm³/mol. The zero-order valence-corrected chi connectivity index (χ0v) is 11.0. The largest absolute Gasteiger partial charge is 0.477 e. The molecule has 1 aromatic heterocycles. The van der Waals surface area contributed by atoms with Crippen LogP contribution in [0.25, 0.3) is 0 Å². The maximum absolute atomic E-state index is 13.2. The molecular weight excluding hydrogens is 305 g/mol. The first kappa shape index (κ1) is 14.7. The number of halogens is 2. The quantitative estimate of drug-likeness (QED) is 0.663. The van der Waals surface area contributed by atoms with Gasteiger partial charge in [0.05, 0.1) is 4.92 Å². The second-order valence-corrected chi connectivity index (χ2v) is 4.35. The summed E-state index contributed by atoms with van der Waals surface area (Å²) < 4.78 is 13.2. The predicted octanol–water partition coefficient (Wildman–Crippen LogP) is 3.22. The summed E-state index contributed by atoms with van der Waals surface area (Å²) in [6.07, 6.45) is 0. The van der Waals surface area contributed by atoms with Crippen LogP contribution in [0.2, 0.25) is 5.02 Å². The number of hydrogen-bond acceptors (Lipinski definition) is 5. The van der Waals surface area contributed by atoms with E-state index in [1.54, 1.807) is 0 Å². The Labute approximate surface area is 122 Å². The number of anilines is 2. The molecule has 0 fully saturated rings. The van der Waals surface area contributed by atoms with Crippen LogP contribution in [-0.4, -0.2) is 21.0 Å². The van der Waals surface area contributed by atoms with Crippen molar-refractivity contribution in [3.05, 3.63) is 57.0 Å². The van der Waals surface area contributed by atoms with Crippen LogP contribution in [0, 0.1) is 15.9 Å². The van der Waals surface area contributed by atoms with Crippen LogP contribution in [0.5, 0.6) is 0 Å². The molecule has 0 radical (unpaired) electrons. The zero-order chi connectivity index (χ0) is 15.6. The Morgan fingerprint density at radius 3 is 2.67 bits per heavy atom. The normalized spacial score (nSPS) is 10.2. The summed E-state index contributed by atoms with van der Waals surface area (Å²) in [6.45, 7) is 0. The molecule has 2 aromatic rings. The lowest BCUT2D eigenvalue weighted by atomic mass is 10.2. The van der Waals surface area contributed by atoms with E-state index in [9.17, 15) is 19.3 Å². The fourth-order valence-corrected chi connectivity index (χ4v) is 1.79. The van der Waals surface area contributed by atoms with E-state index in [0.717, 1.165) is 24.3 Å². The van der Waals surface area contributed by atoms with Gasteiger partial charge in [-0.3, -0.25) is 10.1 Å². The lowest BCUT2D eigenvalue weighted by Crippen LogP contribution is -2.06. The van der Waals surface area contributed by atoms with Gasteiger partial charge in [0.2, 0.25) is 5.82 Å². The fraction of sp³-hybridized carbons (Fsp3) is 0. The van der Waals surface area contributed by atoms with Gasteiger partial charge in [0.15, 0.2) is 5.69 Å². The Morgan fingerprint density at radius 2 is 2.10 bits per heavy atom. The number of nitro groups is 1. The summed E-state index contributed by atoms with van der Waals surface area (Å²) in [5.41, 5.74) is -0.718. The molecule has 0 aliphatic carbocycles. The summed E-state index contributed by atoms with van der Waals surface area (Å²) in [5.74, 6) is -2.31. The minimum atomic E-state index is -1.34. The van der Waals surface area contributed by atoms with Crippen molar-refractivity contribution in [2.24, 2.45) is 0 Å². The Morgan fingerprint density at radius 1 is 1.38 bits per heavy atom. The van der Waals surface area contributed by atoms with Crippen molar-refractivity contribution < 1.29 is 19.2 Å². The van der Waals surface area contributed by atoms with Gasteiger partial charge in [-0.1, -0.05) is 11.6 Å². The van der Waals surface area contributed by atoms with Gasteiger partial charge in [0.1, 0.15) is 5.82 Å². The van der Waals surface area contributed by atoms with Crippen molar-refractivity contribution in [2.45, 2.75) is 0 Å². The Balaban J connectivity index is 2.47. The molecule has 0 spiro atoms. The third-order valence-electron chi connectivity index (χ3n) is 2.42. The van der Waals surface area contributed by atoms with Gasteiger partial charge in [0.25, 0.3) is 0 Å². The standard InChI is InChI=1S/C12H7ClFN3O4/c13-6-3-7(14)5-8(4-6)15-11-10(17(20)21)2-1-9(16-11)12(18)19/h1-5H,(H,15,16)(H,18,19). The van der Waals surface area contributed by atoms with Gasteiger partial charge < -0.3 is 10.4 Å². The summed E-state index contributed by atoms with van der Waals surface area (Å²) >= 11 is 5.67. The SMILES string of the molecule is O=C(O)c1ccc([N+](=O)[O-])c(Nc2cc(F)cc(Cl)c2)n1. The molecule has 1 heterocycles. The molecule has 0 unspecified atom stereocenters. The second kappa shape index (κ2) is 5.71. The molecule has 9 heteroatoms. The number of carbonyl (C=O) groups is 1. The fourth-order valence-electron chi connectivity index (χ4n) is 1.57. The number of aromatic carboxylic acids is 1. The van der Waals surface area contributed by atoms with E-state index in [1.165, 1.54) is 6.07 Å². The number of carboxylic acids is 1.